The fourth-order valence-corrected chi connectivity index (χ4v) is 5.87. The third kappa shape index (κ3) is 15.6. The summed E-state index contributed by atoms with van der Waals surface area (Å²) in [5.41, 5.74) is 17.8. The molecule has 4 N–H and O–H groups in total. The van der Waals surface area contributed by atoms with E-state index in [2.05, 4.69) is 82.4 Å². The van der Waals surface area contributed by atoms with Crippen LogP contribution in [0.5, 0.6) is 11.5 Å². The van der Waals surface area contributed by atoms with Gasteiger partial charge in [0.15, 0.2) is 0 Å². The molecule has 0 heterocycles. The number of aliphatic imine (C=N–C) groups is 2. The average Bonchev–Trinajstić information content (AvgIpc) is 3.19. The fraction of sp³-hybridized carbons (Fsp3) is 0.364. The molecule has 0 fully saturated rings. The van der Waals surface area contributed by atoms with E-state index in [0.717, 1.165) is 37.3 Å². The molecule has 0 saturated carbocycles. The summed E-state index contributed by atoms with van der Waals surface area (Å²) in [7, 11) is 4.35. The van der Waals surface area contributed by atoms with E-state index in [4.69, 9.17) is 30.4 Å². The topological polar surface area (TPSA) is 154 Å². The van der Waals surface area contributed by atoms with Crippen molar-refractivity contribution in [1.29, 1.82) is 0 Å². The van der Waals surface area contributed by atoms with Gasteiger partial charge in [-0.15, -0.1) is 0 Å². The first-order valence-electron chi connectivity index (χ1n) is 19.1. The molecule has 0 aromatic heterocycles. The van der Waals surface area contributed by atoms with Gasteiger partial charge in [0.2, 0.25) is 0 Å². The van der Waals surface area contributed by atoms with Crippen molar-refractivity contribution in [3.05, 3.63) is 130 Å². The monoisotopic (exact) mass is 764 g/mol. The lowest BCUT2D eigenvalue weighted by Gasteiger charge is -2.18. The van der Waals surface area contributed by atoms with Crippen LogP contribution in [0.15, 0.2) is 107 Å². The number of ether oxygens (including phenoxy) is 4. The van der Waals surface area contributed by atoms with E-state index in [1.807, 2.05) is 12.1 Å². The molecule has 0 bridgehead atoms. The van der Waals surface area contributed by atoms with Gasteiger partial charge in [0.1, 0.15) is 36.4 Å². The van der Waals surface area contributed by atoms with E-state index >= 15 is 0 Å². The van der Waals surface area contributed by atoms with Crippen molar-refractivity contribution in [2.45, 2.75) is 65.8 Å². The number of carbonyl (C=O) groups excluding carboxylic acids is 2. The summed E-state index contributed by atoms with van der Waals surface area (Å²) in [5, 5.41) is 0. The van der Waals surface area contributed by atoms with Gasteiger partial charge in [-0.05, 0) is 125 Å². The highest BCUT2D eigenvalue weighted by Crippen LogP contribution is 2.18. The molecule has 0 aliphatic carbocycles. The van der Waals surface area contributed by atoms with Crippen LogP contribution in [0, 0.1) is 0 Å². The number of benzene rings is 4. The molecule has 4 aromatic carbocycles. The summed E-state index contributed by atoms with van der Waals surface area (Å²) in [6.45, 7) is 8.71. The van der Waals surface area contributed by atoms with E-state index in [0.29, 0.717) is 35.8 Å². The molecule has 0 aliphatic heterocycles. The van der Waals surface area contributed by atoms with Crippen molar-refractivity contribution in [1.82, 2.24) is 9.80 Å². The van der Waals surface area contributed by atoms with Gasteiger partial charge in [-0.1, -0.05) is 61.4 Å². The Morgan fingerprint density at radius 2 is 0.982 bits per heavy atom. The maximum atomic E-state index is 11.6. The first-order valence-corrected chi connectivity index (χ1v) is 19.1. The van der Waals surface area contributed by atoms with Gasteiger partial charge >= 0.3 is 12.2 Å². The Kier molecular flexibility index (Phi) is 17.9. The van der Waals surface area contributed by atoms with Crippen LogP contribution in [-0.4, -0.2) is 74.1 Å². The molecule has 12 heteroatoms. The molecule has 298 valence electrons. The van der Waals surface area contributed by atoms with Gasteiger partial charge in [-0.3, -0.25) is 0 Å². The van der Waals surface area contributed by atoms with Crippen LogP contribution in [0.2, 0.25) is 0 Å². The van der Waals surface area contributed by atoms with Gasteiger partial charge in [0.05, 0.1) is 13.2 Å². The molecule has 4 aromatic rings. The lowest BCUT2D eigenvalue weighted by atomic mass is 10.1. The second-order valence-electron chi connectivity index (χ2n) is 13.5. The molecule has 4 rings (SSSR count). The first-order chi connectivity index (χ1) is 27.1. The Hall–Kier alpha value is -5.72. The summed E-state index contributed by atoms with van der Waals surface area (Å²) in [5.74, 6) is 1.62. The maximum absolute atomic E-state index is 11.6. The van der Waals surface area contributed by atoms with E-state index in [1.54, 1.807) is 50.2 Å². The molecule has 0 unspecified atom stereocenters. The molecule has 0 aliphatic rings. The normalized spacial score (nSPS) is 11.8. The van der Waals surface area contributed by atoms with Crippen LogP contribution in [0.3, 0.4) is 0 Å². The summed E-state index contributed by atoms with van der Waals surface area (Å²) >= 11 is 0. The molecule has 2 amide bonds. The van der Waals surface area contributed by atoms with Crippen molar-refractivity contribution in [3.8, 4) is 11.5 Å². The minimum atomic E-state index is -0.703. The van der Waals surface area contributed by atoms with Crippen LogP contribution in [0.4, 0.5) is 9.59 Å². The minimum absolute atomic E-state index is 0.105. The maximum Gasteiger partial charge on any atom is 0.435 e. The zero-order valence-corrected chi connectivity index (χ0v) is 33.1. The number of carbonyl (C=O) groups is 2. The lowest BCUT2D eigenvalue weighted by Crippen LogP contribution is -2.20. The number of amides is 2. The van der Waals surface area contributed by atoms with Gasteiger partial charge in [-0.2, -0.15) is 9.98 Å². The van der Waals surface area contributed by atoms with Gasteiger partial charge in [0, 0.05) is 24.2 Å². The summed E-state index contributed by atoms with van der Waals surface area (Å²) in [4.78, 5) is 35.3. The summed E-state index contributed by atoms with van der Waals surface area (Å²) < 4.78 is 21.6. The first kappa shape index (κ1) is 43.0. The van der Waals surface area contributed by atoms with Crippen LogP contribution in [0.1, 0.15) is 72.9 Å². The Morgan fingerprint density at radius 3 is 1.46 bits per heavy atom. The van der Waals surface area contributed by atoms with E-state index in [-0.39, 0.29) is 24.9 Å². The van der Waals surface area contributed by atoms with Crippen molar-refractivity contribution < 1.29 is 28.5 Å². The quantitative estimate of drug-likeness (QED) is 0.0490. The zero-order valence-electron chi connectivity index (χ0n) is 33.1. The molecular formula is C44H56N6O6. The third-order valence-corrected chi connectivity index (χ3v) is 8.82. The van der Waals surface area contributed by atoms with Crippen molar-refractivity contribution in [3.63, 3.8) is 0 Å². The Labute approximate surface area is 331 Å². The highest BCUT2D eigenvalue weighted by molar-refractivity contribution is 6.03. The largest absolute Gasteiger partial charge is 0.489 e. The fourth-order valence-electron chi connectivity index (χ4n) is 5.87. The van der Waals surface area contributed by atoms with Crippen LogP contribution in [0.25, 0.3) is 0 Å². The lowest BCUT2D eigenvalue weighted by molar-refractivity contribution is 0.162. The molecule has 0 saturated heterocycles. The summed E-state index contributed by atoms with van der Waals surface area (Å²) in [6.07, 6.45) is 3.34. The molecule has 0 atom stereocenters. The second-order valence-corrected chi connectivity index (χ2v) is 13.5. The number of amidine groups is 2. The number of nitrogens with two attached hydrogens (primary N) is 2. The molecular weight excluding hydrogens is 709 g/mol. The van der Waals surface area contributed by atoms with Crippen LogP contribution in [-0.2, 0) is 35.8 Å². The highest BCUT2D eigenvalue weighted by atomic mass is 16.5. The van der Waals surface area contributed by atoms with Gasteiger partial charge in [0.25, 0.3) is 0 Å². The Bertz CT molecular complexity index is 1860. The van der Waals surface area contributed by atoms with Gasteiger partial charge < -0.3 is 40.2 Å². The SMILES string of the molecule is CCOC(=O)/N=C(\N)c1ccc(OCc2ccc(CN(C)CCCCCCN(C)Cc3cccc(COc4ccc(/C(N)=N\C(=O)OCC)cc4)c3)cc2)cc1. The highest BCUT2D eigenvalue weighted by Gasteiger charge is 2.08. The third-order valence-electron chi connectivity index (χ3n) is 8.82. The number of nitrogens with zero attached hydrogens (tertiary/aromatic N) is 4. The minimum Gasteiger partial charge on any atom is -0.489 e. The predicted octanol–water partition coefficient (Wildman–Crippen LogP) is 7.69. The van der Waals surface area contributed by atoms with Crippen LogP contribution < -0.4 is 20.9 Å². The van der Waals surface area contributed by atoms with Crippen LogP contribution >= 0.6 is 0 Å². The Balaban J connectivity index is 1.07. The zero-order chi connectivity index (χ0) is 40.1. The molecule has 0 radical (unpaired) electrons. The standard InChI is InChI=1S/C44H56N6O6/c1-5-53-43(51)47-41(45)37-18-22-39(23-19-37)55-31-34-16-14-33(15-17-34)29-49(3)26-9-7-8-10-27-50(4)30-35-12-11-13-36(28-35)32-56-40-24-20-38(21-25-40)42(46)48-44(52)54-6-2/h11-25,28H,5-10,26-27,29-32H2,1-4H3,(H2,45,47,51)(H2,46,48,52). The number of hydrogen-bond acceptors (Lipinski definition) is 8. The molecule has 56 heavy (non-hydrogen) atoms. The van der Waals surface area contributed by atoms with E-state index < -0.39 is 12.2 Å². The number of hydrogen-bond donors (Lipinski definition) is 2. The van der Waals surface area contributed by atoms with Gasteiger partial charge in [-0.25, -0.2) is 9.59 Å². The van der Waals surface area contributed by atoms with Crippen molar-refractivity contribution in [2.75, 3.05) is 40.4 Å². The van der Waals surface area contributed by atoms with E-state index in [9.17, 15) is 9.59 Å². The summed E-state index contributed by atoms with van der Waals surface area (Å²) in [6, 6.07) is 31.3. The second kappa shape index (κ2) is 23.3. The molecule has 12 nitrogen and oxygen atoms in total. The Morgan fingerprint density at radius 1 is 0.554 bits per heavy atom. The average molecular weight is 765 g/mol. The smallest absolute Gasteiger partial charge is 0.435 e. The molecule has 0 spiro atoms. The number of rotatable bonds is 21. The van der Waals surface area contributed by atoms with Crippen molar-refractivity contribution in [2.24, 2.45) is 21.5 Å². The van der Waals surface area contributed by atoms with E-state index in [1.165, 1.54) is 36.8 Å². The predicted molar refractivity (Wildman–Crippen MR) is 221 cm³/mol. The number of unbranched alkanes of at least 4 members (excludes halogenated alkanes) is 3. The van der Waals surface area contributed by atoms with Crippen molar-refractivity contribution >= 4 is 23.9 Å².